The zero-order valence-electron chi connectivity index (χ0n) is 14.5. The number of aromatic nitrogens is 3. The van der Waals surface area contributed by atoms with Crippen molar-refractivity contribution < 1.29 is 13.2 Å². The predicted octanol–water partition coefficient (Wildman–Crippen LogP) is 0.815. The van der Waals surface area contributed by atoms with E-state index < -0.39 is 9.84 Å². The smallest absolute Gasteiger partial charge is 0.272 e. The molecule has 0 saturated carbocycles. The molecule has 9 heteroatoms. The van der Waals surface area contributed by atoms with Crippen LogP contribution in [0.1, 0.15) is 29.4 Å². The molecule has 1 N–H and O–H groups in total. The van der Waals surface area contributed by atoms with Crippen molar-refractivity contribution in [3.63, 3.8) is 0 Å². The lowest BCUT2D eigenvalue weighted by molar-refractivity contribution is 0.0945. The van der Waals surface area contributed by atoms with Crippen molar-refractivity contribution in [2.45, 2.75) is 25.9 Å². The summed E-state index contributed by atoms with van der Waals surface area (Å²) in [6.07, 6.45) is 3.94. The van der Waals surface area contributed by atoms with E-state index in [9.17, 15) is 13.2 Å². The van der Waals surface area contributed by atoms with Crippen LogP contribution in [0.3, 0.4) is 0 Å². The van der Waals surface area contributed by atoms with Gasteiger partial charge in [0.15, 0.2) is 21.3 Å². The monoisotopic (exact) mass is 375 g/mol. The third kappa shape index (κ3) is 4.34. The summed E-state index contributed by atoms with van der Waals surface area (Å²) < 4.78 is 23.4. The number of rotatable bonds is 6. The molecule has 3 heterocycles. The molecule has 1 saturated heterocycles. The molecule has 26 heavy (non-hydrogen) atoms. The van der Waals surface area contributed by atoms with E-state index in [1.165, 1.54) is 0 Å². The van der Waals surface area contributed by atoms with Crippen LogP contribution in [0.4, 0.5) is 5.82 Å². The third-order valence-corrected chi connectivity index (χ3v) is 6.09. The van der Waals surface area contributed by atoms with Crippen LogP contribution < -0.4 is 10.2 Å². The first-order chi connectivity index (χ1) is 12.5. The van der Waals surface area contributed by atoms with Crippen LogP contribution in [0.25, 0.3) is 0 Å². The molecule has 2 aromatic rings. The van der Waals surface area contributed by atoms with Gasteiger partial charge in [-0.25, -0.2) is 8.42 Å². The molecule has 0 spiro atoms. The van der Waals surface area contributed by atoms with E-state index in [0.29, 0.717) is 25.3 Å². The lowest BCUT2D eigenvalue weighted by Crippen LogP contribution is -2.37. The second-order valence-corrected chi connectivity index (χ2v) is 8.39. The summed E-state index contributed by atoms with van der Waals surface area (Å²) in [5, 5.41) is 10.9. The van der Waals surface area contributed by atoms with Crippen molar-refractivity contribution in [2.24, 2.45) is 0 Å². The number of sulfone groups is 1. The highest BCUT2D eigenvalue weighted by molar-refractivity contribution is 7.91. The molecule has 0 bridgehead atoms. The third-order valence-electron chi connectivity index (χ3n) is 4.34. The Morgan fingerprint density at radius 2 is 2.15 bits per heavy atom. The molecule has 0 aromatic carbocycles. The van der Waals surface area contributed by atoms with Crippen molar-refractivity contribution in [2.75, 3.05) is 23.0 Å². The van der Waals surface area contributed by atoms with E-state index in [0.717, 1.165) is 5.56 Å². The number of amides is 1. The Morgan fingerprint density at radius 3 is 2.73 bits per heavy atom. The number of carbonyl (C=O) groups is 1. The molecule has 0 radical (unpaired) electrons. The van der Waals surface area contributed by atoms with E-state index in [1.807, 2.05) is 17.9 Å². The quantitative estimate of drug-likeness (QED) is 0.797. The summed E-state index contributed by atoms with van der Waals surface area (Å²) >= 11 is 0. The predicted molar refractivity (Wildman–Crippen MR) is 97.5 cm³/mol. The first-order valence-electron chi connectivity index (χ1n) is 8.46. The van der Waals surface area contributed by atoms with Crippen molar-refractivity contribution in [1.82, 2.24) is 20.5 Å². The first kappa shape index (κ1) is 18.2. The van der Waals surface area contributed by atoms with Gasteiger partial charge in [0.2, 0.25) is 0 Å². The highest BCUT2D eigenvalue weighted by Gasteiger charge is 2.32. The molecular formula is C17H21N5O3S. The van der Waals surface area contributed by atoms with E-state index in [4.69, 9.17) is 0 Å². The van der Waals surface area contributed by atoms with Gasteiger partial charge in [-0.3, -0.25) is 9.78 Å². The molecule has 1 fully saturated rings. The lowest BCUT2D eigenvalue weighted by atomic mass is 10.2. The van der Waals surface area contributed by atoms with Gasteiger partial charge in [0.25, 0.3) is 5.91 Å². The summed E-state index contributed by atoms with van der Waals surface area (Å²) in [6, 6.07) is 6.90. The standard InChI is InChI=1S/C17H21N5O3S/c1-2-22(14-7-9-26(24,25)12-14)16-6-5-15(20-21-16)17(23)19-11-13-4-3-8-18-10-13/h3-6,8,10,14H,2,7,9,11-12H2,1H3,(H,19,23). The van der Waals surface area contributed by atoms with Gasteiger partial charge in [-0.1, -0.05) is 6.07 Å². The second-order valence-electron chi connectivity index (χ2n) is 6.16. The Bertz CT molecular complexity index is 856. The van der Waals surface area contributed by atoms with E-state index in [-0.39, 0.29) is 29.1 Å². The summed E-state index contributed by atoms with van der Waals surface area (Å²) in [6.45, 7) is 2.93. The zero-order valence-corrected chi connectivity index (χ0v) is 15.3. The number of hydrogen-bond donors (Lipinski definition) is 1. The Balaban J connectivity index is 1.64. The Morgan fingerprint density at radius 1 is 1.31 bits per heavy atom. The molecule has 1 aliphatic rings. The van der Waals surface area contributed by atoms with Crippen LogP contribution in [0.5, 0.6) is 0 Å². The summed E-state index contributed by atoms with van der Waals surface area (Å²) in [4.78, 5) is 18.1. The molecule has 1 atom stereocenters. The number of anilines is 1. The maximum absolute atomic E-state index is 12.2. The summed E-state index contributed by atoms with van der Waals surface area (Å²) in [7, 11) is -2.97. The topological polar surface area (TPSA) is 105 Å². The molecule has 1 aliphatic heterocycles. The van der Waals surface area contributed by atoms with Gasteiger partial charge in [0.1, 0.15) is 0 Å². The maximum atomic E-state index is 12.2. The molecule has 1 unspecified atom stereocenters. The number of nitrogens with zero attached hydrogens (tertiary/aromatic N) is 4. The average molecular weight is 375 g/mol. The van der Waals surface area contributed by atoms with Gasteiger partial charge in [0.05, 0.1) is 11.5 Å². The van der Waals surface area contributed by atoms with Crippen LogP contribution in [-0.2, 0) is 16.4 Å². The zero-order chi connectivity index (χ0) is 18.6. The van der Waals surface area contributed by atoms with Crippen LogP contribution in [-0.4, -0.2) is 53.6 Å². The molecular weight excluding hydrogens is 354 g/mol. The highest BCUT2D eigenvalue weighted by atomic mass is 32.2. The van der Waals surface area contributed by atoms with Crippen molar-refractivity contribution in [3.8, 4) is 0 Å². The summed E-state index contributed by atoms with van der Waals surface area (Å²) in [5.74, 6) is 0.601. The molecule has 3 rings (SSSR count). The number of hydrogen-bond acceptors (Lipinski definition) is 7. The van der Waals surface area contributed by atoms with Crippen molar-refractivity contribution in [3.05, 3.63) is 47.9 Å². The SMILES string of the molecule is CCN(c1ccc(C(=O)NCc2cccnc2)nn1)C1CCS(=O)(=O)C1. The molecule has 138 valence electrons. The summed E-state index contributed by atoms with van der Waals surface area (Å²) in [5.41, 5.74) is 1.11. The van der Waals surface area contributed by atoms with Crippen LogP contribution in [0, 0.1) is 0 Å². The lowest BCUT2D eigenvalue weighted by Gasteiger charge is -2.27. The Hall–Kier alpha value is -2.55. The normalized spacial score (nSPS) is 18.4. The van der Waals surface area contributed by atoms with Crippen LogP contribution in [0.2, 0.25) is 0 Å². The molecule has 2 aromatic heterocycles. The largest absolute Gasteiger partial charge is 0.351 e. The maximum Gasteiger partial charge on any atom is 0.272 e. The minimum atomic E-state index is -2.97. The highest BCUT2D eigenvalue weighted by Crippen LogP contribution is 2.22. The van der Waals surface area contributed by atoms with E-state index in [1.54, 1.807) is 30.6 Å². The van der Waals surface area contributed by atoms with E-state index in [2.05, 4.69) is 20.5 Å². The fourth-order valence-electron chi connectivity index (χ4n) is 3.00. The second kappa shape index (κ2) is 7.77. The van der Waals surface area contributed by atoms with E-state index >= 15 is 0 Å². The van der Waals surface area contributed by atoms with Crippen molar-refractivity contribution >= 4 is 21.6 Å². The van der Waals surface area contributed by atoms with Crippen LogP contribution >= 0.6 is 0 Å². The van der Waals surface area contributed by atoms with Gasteiger partial charge in [-0.05, 0) is 37.1 Å². The first-order valence-corrected chi connectivity index (χ1v) is 10.3. The minimum absolute atomic E-state index is 0.0930. The fourth-order valence-corrected chi connectivity index (χ4v) is 4.73. The number of carbonyl (C=O) groups excluding carboxylic acids is 1. The Kier molecular flexibility index (Phi) is 5.46. The minimum Gasteiger partial charge on any atom is -0.351 e. The van der Waals surface area contributed by atoms with Gasteiger partial charge in [-0.2, -0.15) is 0 Å². The van der Waals surface area contributed by atoms with Gasteiger partial charge < -0.3 is 10.2 Å². The van der Waals surface area contributed by atoms with Gasteiger partial charge in [-0.15, -0.1) is 10.2 Å². The van der Waals surface area contributed by atoms with Crippen LogP contribution in [0.15, 0.2) is 36.7 Å². The number of nitrogens with one attached hydrogen (secondary N) is 1. The average Bonchev–Trinajstić information content (AvgIpc) is 3.01. The van der Waals surface area contributed by atoms with Crippen molar-refractivity contribution in [1.29, 1.82) is 0 Å². The molecule has 0 aliphatic carbocycles. The van der Waals surface area contributed by atoms with Gasteiger partial charge >= 0.3 is 0 Å². The fraction of sp³-hybridized carbons (Fsp3) is 0.412. The molecule has 1 amide bonds. The molecule has 8 nitrogen and oxygen atoms in total. The Labute approximate surface area is 152 Å². The number of pyridine rings is 1. The van der Waals surface area contributed by atoms with Gasteiger partial charge in [0, 0.05) is 31.5 Å².